The molecule has 6 heteroatoms. The summed E-state index contributed by atoms with van der Waals surface area (Å²) >= 11 is 0. The van der Waals surface area contributed by atoms with E-state index in [0.29, 0.717) is 17.7 Å². The Labute approximate surface area is 132 Å². The molecule has 1 saturated heterocycles. The van der Waals surface area contributed by atoms with Gasteiger partial charge >= 0.3 is 5.97 Å². The molecule has 1 fully saturated rings. The van der Waals surface area contributed by atoms with Crippen molar-refractivity contribution in [1.29, 1.82) is 0 Å². The summed E-state index contributed by atoms with van der Waals surface area (Å²) in [4.78, 5) is 15.0. The van der Waals surface area contributed by atoms with E-state index in [1.807, 2.05) is 6.07 Å². The van der Waals surface area contributed by atoms with Gasteiger partial charge in [0.25, 0.3) is 0 Å². The molecular weight excluding hydrogens is 299 g/mol. The van der Waals surface area contributed by atoms with Gasteiger partial charge in [0, 0.05) is 18.4 Å². The molecule has 1 unspecified atom stereocenters. The molecule has 3 rings (SSSR count). The Balaban J connectivity index is 2.08. The van der Waals surface area contributed by atoms with Crippen molar-refractivity contribution in [3.05, 3.63) is 47.4 Å². The number of benzene rings is 1. The molecule has 1 aliphatic rings. The molecule has 0 saturated carbocycles. The number of hydrogen-bond donors (Lipinski definition) is 2. The van der Waals surface area contributed by atoms with E-state index in [2.05, 4.69) is 4.98 Å². The lowest BCUT2D eigenvalue weighted by molar-refractivity contribution is 0.0153. The number of carbonyl (C=O) groups is 1. The van der Waals surface area contributed by atoms with Crippen LogP contribution in [0.15, 0.2) is 30.5 Å². The second kappa shape index (κ2) is 6.34. The van der Waals surface area contributed by atoms with Crippen molar-refractivity contribution in [3.63, 3.8) is 0 Å². The van der Waals surface area contributed by atoms with Crippen molar-refractivity contribution in [3.8, 4) is 11.1 Å². The molecule has 5 nitrogen and oxygen atoms in total. The molecule has 1 aromatic heterocycles. The first kappa shape index (κ1) is 15.4. The van der Waals surface area contributed by atoms with Crippen LogP contribution in [0.1, 0.15) is 41.3 Å². The van der Waals surface area contributed by atoms with Gasteiger partial charge < -0.3 is 15.6 Å². The monoisotopic (exact) mass is 316 g/mol. The molecule has 0 amide bonds. The molecule has 0 bridgehead atoms. The summed E-state index contributed by atoms with van der Waals surface area (Å²) < 4.78 is 19.8. The Morgan fingerprint density at radius 1 is 1.35 bits per heavy atom. The largest absolute Gasteiger partial charge is 0.478 e. The summed E-state index contributed by atoms with van der Waals surface area (Å²) in [7, 11) is 0. The smallest absolute Gasteiger partial charge is 0.338 e. The molecular formula is C17H17FN2O3. The standard InChI is InChI=1S/C17H17FN2O3/c18-13-9-10(4-5-11(13)17(21)22)15-12(6-7-20-16(15)19)14-3-1-2-8-23-14/h4-7,9,14H,1-3,8H2,(H2,19,20)(H,21,22). The maximum atomic E-state index is 14.0. The fourth-order valence-corrected chi connectivity index (χ4v) is 2.91. The van der Waals surface area contributed by atoms with Crippen molar-refractivity contribution in [2.75, 3.05) is 12.3 Å². The van der Waals surface area contributed by atoms with Crippen LogP contribution in [0.3, 0.4) is 0 Å². The van der Waals surface area contributed by atoms with E-state index in [0.717, 1.165) is 24.8 Å². The molecule has 3 N–H and O–H groups in total. The van der Waals surface area contributed by atoms with Crippen LogP contribution in [0.2, 0.25) is 0 Å². The molecule has 0 spiro atoms. The molecule has 0 radical (unpaired) electrons. The third-order valence-electron chi connectivity index (χ3n) is 4.03. The Morgan fingerprint density at radius 3 is 2.83 bits per heavy atom. The van der Waals surface area contributed by atoms with Gasteiger partial charge in [-0.2, -0.15) is 0 Å². The minimum atomic E-state index is -1.30. The number of carboxylic acids is 1. The van der Waals surface area contributed by atoms with Crippen molar-refractivity contribution in [2.24, 2.45) is 0 Å². The summed E-state index contributed by atoms with van der Waals surface area (Å²) in [5, 5.41) is 8.94. The summed E-state index contributed by atoms with van der Waals surface area (Å²) in [6.45, 7) is 0.679. The van der Waals surface area contributed by atoms with Gasteiger partial charge in [-0.1, -0.05) is 6.07 Å². The number of hydrogen-bond acceptors (Lipinski definition) is 4. The van der Waals surface area contributed by atoms with Gasteiger partial charge in [0.05, 0.1) is 11.7 Å². The first-order chi connectivity index (χ1) is 11.1. The highest BCUT2D eigenvalue weighted by Gasteiger charge is 2.22. The number of ether oxygens (including phenoxy) is 1. The van der Waals surface area contributed by atoms with Crippen LogP contribution in [0.5, 0.6) is 0 Å². The SMILES string of the molecule is Nc1nccc(C2CCCCO2)c1-c1ccc(C(=O)O)c(F)c1. The fraction of sp³-hybridized carbons (Fsp3) is 0.294. The molecule has 23 heavy (non-hydrogen) atoms. The number of pyridine rings is 1. The summed E-state index contributed by atoms with van der Waals surface area (Å²) in [6, 6.07) is 5.80. The van der Waals surface area contributed by atoms with E-state index >= 15 is 0 Å². The predicted octanol–water partition coefficient (Wildman–Crippen LogP) is 3.41. The lowest BCUT2D eigenvalue weighted by atomic mass is 9.93. The predicted molar refractivity (Wildman–Crippen MR) is 83.5 cm³/mol. The van der Waals surface area contributed by atoms with Gasteiger partial charge in [-0.15, -0.1) is 0 Å². The molecule has 120 valence electrons. The van der Waals surface area contributed by atoms with Crippen molar-refractivity contribution < 1.29 is 19.0 Å². The number of nitrogen functional groups attached to an aromatic ring is 1. The van der Waals surface area contributed by atoms with Crippen LogP contribution in [-0.2, 0) is 4.74 Å². The van der Waals surface area contributed by atoms with E-state index in [1.54, 1.807) is 12.3 Å². The maximum Gasteiger partial charge on any atom is 0.338 e. The van der Waals surface area contributed by atoms with Crippen LogP contribution in [0.25, 0.3) is 11.1 Å². The normalized spacial score (nSPS) is 17.9. The average Bonchev–Trinajstić information content (AvgIpc) is 2.55. The van der Waals surface area contributed by atoms with E-state index in [-0.39, 0.29) is 17.5 Å². The van der Waals surface area contributed by atoms with E-state index in [9.17, 15) is 9.18 Å². The third kappa shape index (κ3) is 3.03. The molecule has 1 aromatic carbocycles. The number of anilines is 1. The van der Waals surface area contributed by atoms with Gasteiger partial charge in [0.2, 0.25) is 0 Å². The van der Waals surface area contributed by atoms with Crippen molar-refractivity contribution >= 4 is 11.8 Å². The minimum absolute atomic E-state index is 0.105. The number of carboxylic acid groups (broad SMARTS) is 1. The maximum absolute atomic E-state index is 14.0. The van der Waals surface area contributed by atoms with Crippen LogP contribution in [0, 0.1) is 5.82 Å². The Hall–Kier alpha value is -2.47. The first-order valence-corrected chi connectivity index (χ1v) is 7.47. The Kier molecular flexibility index (Phi) is 4.25. The topological polar surface area (TPSA) is 85.4 Å². The second-order valence-electron chi connectivity index (χ2n) is 5.52. The third-order valence-corrected chi connectivity index (χ3v) is 4.03. The molecule has 2 heterocycles. The molecule has 2 aromatic rings. The van der Waals surface area contributed by atoms with Gasteiger partial charge in [-0.05, 0) is 48.6 Å². The zero-order valence-electron chi connectivity index (χ0n) is 12.5. The highest BCUT2D eigenvalue weighted by Crippen LogP contribution is 2.37. The zero-order chi connectivity index (χ0) is 16.4. The second-order valence-corrected chi connectivity index (χ2v) is 5.52. The van der Waals surface area contributed by atoms with Crippen molar-refractivity contribution in [2.45, 2.75) is 25.4 Å². The number of aromatic carboxylic acids is 1. The average molecular weight is 316 g/mol. The quantitative estimate of drug-likeness (QED) is 0.906. The number of nitrogens with zero attached hydrogens (tertiary/aromatic N) is 1. The van der Waals surface area contributed by atoms with Crippen molar-refractivity contribution in [1.82, 2.24) is 4.98 Å². The highest BCUT2D eigenvalue weighted by atomic mass is 19.1. The first-order valence-electron chi connectivity index (χ1n) is 7.47. The summed E-state index contributed by atoms with van der Waals surface area (Å²) in [6.07, 6.45) is 4.44. The van der Waals surface area contributed by atoms with Crippen LogP contribution < -0.4 is 5.73 Å². The summed E-state index contributed by atoms with van der Waals surface area (Å²) in [5.74, 6) is -1.82. The van der Waals surface area contributed by atoms with Gasteiger partial charge in [-0.25, -0.2) is 14.2 Å². The number of rotatable bonds is 3. The van der Waals surface area contributed by atoms with E-state index < -0.39 is 11.8 Å². The Bertz CT molecular complexity index is 743. The van der Waals surface area contributed by atoms with Crippen LogP contribution in [0.4, 0.5) is 10.2 Å². The van der Waals surface area contributed by atoms with Gasteiger partial charge in [0.15, 0.2) is 0 Å². The molecule has 1 aliphatic heterocycles. The molecule has 1 atom stereocenters. The Morgan fingerprint density at radius 2 is 2.17 bits per heavy atom. The number of halogens is 1. The number of aromatic nitrogens is 1. The van der Waals surface area contributed by atoms with Gasteiger partial charge in [0.1, 0.15) is 11.6 Å². The van der Waals surface area contributed by atoms with Crippen LogP contribution in [-0.4, -0.2) is 22.7 Å². The summed E-state index contributed by atoms with van der Waals surface area (Å²) in [5.41, 5.74) is 7.60. The minimum Gasteiger partial charge on any atom is -0.478 e. The lowest BCUT2D eigenvalue weighted by Crippen LogP contribution is -2.13. The van der Waals surface area contributed by atoms with E-state index in [1.165, 1.54) is 12.1 Å². The highest BCUT2D eigenvalue weighted by molar-refractivity contribution is 5.89. The van der Waals surface area contributed by atoms with Crippen LogP contribution >= 0.6 is 0 Å². The number of nitrogens with two attached hydrogens (primary N) is 1. The zero-order valence-corrected chi connectivity index (χ0v) is 12.5. The fourth-order valence-electron chi connectivity index (χ4n) is 2.91. The van der Waals surface area contributed by atoms with E-state index in [4.69, 9.17) is 15.6 Å². The van der Waals surface area contributed by atoms with Gasteiger partial charge in [-0.3, -0.25) is 0 Å². The molecule has 0 aliphatic carbocycles. The lowest BCUT2D eigenvalue weighted by Gasteiger charge is -2.25.